The monoisotopic (exact) mass is 359 g/mol. The normalized spacial score (nSPS) is 17.3. The summed E-state index contributed by atoms with van der Waals surface area (Å²) in [4.78, 5) is 18.6. The van der Waals surface area contributed by atoms with Gasteiger partial charge in [0.25, 0.3) is 5.91 Å². The molecule has 4 aromatic rings. The van der Waals surface area contributed by atoms with Gasteiger partial charge in [0.1, 0.15) is 0 Å². The minimum Gasteiger partial charge on any atom is -0.358 e. The Morgan fingerprint density at radius 1 is 1.19 bits per heavy atom. The lowest BCUT2D eigenvalue weighted by molar-refractivity contribution is 0.0729. The van der Waals surface area contributed by atoms with E-state index in [1.54, 1.807) is 0 Å². The van der Waals surface area contributed by atoms with Crippen LogP contribution in [0.15, 0.2) is 42.6 Å². The minimum absolute atomic E-state index is 0.0420. The summed E-state index contributed by atoms with van der Waals surface area (Å²) in [5, 5.41) is 9.75. The van der Waals surface area contributed by atoms with Crippen LogP contribution in [0.2, 0.25) is 0 Å². The Morgan fingerprint density at radius 2 is 2.07 bits per heavy atom. The Morgan fingerprint density at radius 3 is 2.96 bits per heavy atom. The summed E-state index contributed by atoms with van der Waals surface area (Å²) >= 11 is 0. The Balaban J connectivity index is 1.53. The molecule has 1 aliphatic rings. The van der Waals surface area contributed by atoms with Gasteiger partial charge in [-0.3, -0.25) is 9.20 Å². The third kappa shape index (κ3) is 2.44. The van der Waals surface area contributed by atoms with E-state index in [0.29, 0.717) is 0 Å². The van der Waals surface area contributed by atoms with Crippen LogP contribution in [0.4, 0.5) is 0 Å². The average Bonchev–Trinajstić information content (AvgIpc) is 3.39. The van der Waals surface area contributed by atoms with E-state index >= 15 is 0 Å². The fourth-order valence-corrected chi connectivity index (χ4v) is 4.13. The molecule has 4 heterocycles. The molecule has 0 spiro atoms. The standard InChI is InChI=1S/C21H21N5O/c1-13-14(2)22-17-9-8-15(12-16(13)17)21(27)25-11-5-6-18(25)20-24-23-19-7-3-4-10-26(19)20/h3-4,7-10,12,18,22H,5-6,11H2,1-2H3/t18-/m1/s1. The zero-order valence-electron chi connectivity index (χ0n) is 15.4. The van der Waals surface area contributed by atoms with E-state index in [2.05, 4.69) is 29.0 Å². The van der Waals surface area contributed by atoms with Gasteiger partial charge in [0.2, 0.25) is 0 Å². The number of aromatic amines is 1. The van der Waals surface area contributed by atoms with Gasteiger partial charge in [-0.25, -0.2) is 0 Å². The average molecular weight is 359 g/mol. The molecule has 1 saturated heterocycles. The first-order valence-electron chi connectivity index (χ1n) is 9.33. The molecule has 0 radical (unpaired) electrons. The van der Waals surface area contributed by atoms with E-state index < -0.39 is 0 Å². The van der Waals surface area contributed by atoms with Crippen molar-refractivity contribution >= 4 is 22.5 Å². The number of benzene rings is 1. The topological polar surface area (TPSA) is 66.3 Å². The third-order valence-electron chi connectivity index (χ3n) is 5.71. The molecule has 0 bridgehead atoms. The first kappa shape index (κ1) is 16.1. The molecule has 1 aliphatic heterocycles. The summed E-state index contributed by atoms with van der Waals surface area (Å²) in [7, 11) is 0. The van der Waals surface area contributed by atoms with Crippen LogP contribution in [-0.4, -0.2) is 36.9 Å². The van der Waals surface area contributed by atoms with Crippen molar-refractivity contribution in [2.75, 3.05) is 6.54 Å². The van der Waals surface area contributed by atoms with Crippen LogP contribution in [-0.2, 0) is 0 Å². The fourth-order valence-electron chi connectivity index (χ4n) is 4.13. The van der Waals surface area contributed by atoms with Crippen LogP contribution in [0.3, 0.4) is 0 Å². The number of aryl methyl sites for hydroxylation is 2. The van der Waals surface area contributed by atoms with Crippen LogP contribution >= 0.6 is 0 Å². The summed E-state index contributed by atoms with van der Waals surface area (Å²) in [6.45, 7) is 4.89. The second kappa shape index (κ2) is 5.94. The van der Waals surface area contributed by atoms with Crippen LogP contribution < -0.4 is 0 Å². The van der Waals surface area contributed by atoms with Gasteiger partial charge >= 0.3 is 0 Å². The van der Waals surface area contributed by atoms with Crippen molar-refractivity contribution in [3.63, 3.8) is 0 Å². The predicted octanol–water partition coefficient (Wildman–Crippen LogP) is 3.80. The molecule has 3 aromatic heterocycles. The quantitative estimate of drug-likeness (QED) is 0.592. The Labute approximate surface area is 156 Å². The lowest BCUT2D eigenvalue weighted by Gasteiger charge is -2.23. The van der Waals surface area contributed by atoms with Gasteiger partial charge in [-0.05, 0) is 62.6 Å². The van der Waals surface area contributed by atoms with Crippen LogP contribution in [0.5, 0.6) is 0 Å². The number of rotatable bonds is 2. The summed E-state index contributed by atoms with van der Waals surface area (Å²) in [6.07, 6.45) is 3.85. The number of H-pyrrole nitrogens is 1. The van der Waals surface area contributed by atoms with Crippen molar-refractivity contribution in [2.24, 2.45) is 0 Å². The van der Waals surface area contributed by atoms with Gasteiger partial charge in [0.05, 0.1) is 6.04 Å². The highest BCUT2D eigenvalue weighted by molar-refractivity contribution is 5.99. The van der Waals surface area contributed by atoms with E-state index in [1.165, 1.54) is 5.56 Å². The minimum atomic E-state index is -0.0420. The second-order valence-electron chi connectivity index (χ2n) is 7.28. The maximum Gasteiger partial charge on any atom is 0.254 e. The number of carbonyl (C=O) groups is 1. The molecular weight excluding hydrogens is 338 g/mol. The number of carbonyl (C=O) groups excluding carboxylic acids is 1. The fraction of sp³-hybridized carbons (Fsp3) is 0.286. The molecule has 0 unspecified atom stereocenters. The van der Waals surface area contributed by atoms with Gasteiger partial charge < -0.3 is 9.88 Å². The van der Waals surface area contributed by atoms with Crippen molar-refractivity contribution in [3.8, 4) is 0 Å². The van der Waals surface area contributed by atoms with Crippen LogP contribution in [0.1, 0.15) is 46.3 Å². The SMILES string of the molecule is Cc1[nH]c2ccc(C(=O)N3CCC[C@@H]3c3nnc4ccccn34)cc2c1C. The second-order valence-corrected chi connectivity index (χ2v) is 7.28. The van der Waals surface area contributed by atoms with Crippen molar-refractivity contribution in [3.05, 3.63) is 65.2 Å². The molecule has 1 atom stereocenters. The van der Waals surface area contributed by atoms with E-state index in [1.807, 2.05) is 51.9 Å². The zero-order chi connectivity index (χ0) is 18.5. The smallest absolute Gasteiger partial charge is 0.254 e. The molecule has 1 fully saturated rings. The van der Waals surface area contributed by atoms with E-state index in [9.17, 15) is 4.79 Å². The number of nitrogens with one attached hydrogen (secondary N) is 1. The van der Waals surface area contributed by atoms with E-state index in [-0.39, 0.29) is 11.9 Å². The molecule has 27 heavy (non-hydrogen) atoms. The number of aromatic nitrogens is 4. The first-order valence-corrected chi connectivity index (χ1v) is 9.33. The van der Waals surface area contributed by atoms with Gasteiger partial charge in [-0.1, -0.05) is 6.07 Å². The highest BCUT2D eigenvalue weighted by Gasteiger charge is 2.33. The number of hydrogen-bond acceptors (Lipinski definition) is 3. The molecule has 0 saturated carbocycles. The van der Waals surface area contributed by atoms with E-state index in [4.69, 9.17) is 0 Å². The molecule has 5 rings (SSSR count). The zero-order valence-corrected chi connectivity index (χ0v) is 15.4. The summed E-state index contributed by atoms with van der Waals surface area (Å²) in [5.74, 6) is 0.900. The van der Waals surface area contributed by atoms with Crippen LogP contribution in [0.25, 0.3) is 16.6 Å². The molecule has 1 amide bonds. The van der Waals surface area contributed by atoms with Gasteiger partial charge in [-0.2, -0.15) is 0 Å². The molecular formula is C21H21N5O. The summed E-state index contributed by atoms with van der Waals surface area (Å²) in [5.41, 5.74) is 4.95. The van der Waals surface area contributed by atoms with Crippen molar-refractivity contribution in [1.29, 1.82) is 0 Å². The third-order valence-corrected chi connectivity index (χ3v) is 5.71. The van der Waals surface area contributed by atoms with E-state index in [0.717, 1.165) is 53.0 Å². The molecule has 136 valence electrons. The molecule has 6 heteroatoms. The number of amides is 1. The molecule has 6 nitrogen and oxygen atoms in total. The summed E-state index contributed by atoms with van der Waals surface area (Å²) in [6, 6.07) is 11.7. The maximum atomic E-state index is 13.3. The van der Waals surface area contributed by atoms with Gasteiger partial charge in [0.15, 0.2) is 11.5 Å². The summed E-state index contributed by atoms with van der Waals surface area (Å²) < 4.78 is 1.99. The molecule has 1 aromatic carbocycles. The Kier molecular flexibility index (Phi) is 3.53. The predicted molar refractivity (Wildman–Crippen MR) is 104 cm³/mol. The number of hydrogen-bond donors (Lipinski definition) is 1. The van der Waals surface area contributed by atoms with Crippen molar-refractivity contribution in [2.45, 2.75) is 32.7 Å². The lowest BCUT2D eigenvalue weighted by atomic mass is 10.1. The highest BCUT2D eigenvalue weighted by Crippen LogP contribution is 2.33. The van der Waals surface area contributed by atoms with Crippen LogP contribution in [0, 0.1) is 13.8 Å². The lowest BCUT2D eigenvalue weighted by Crippen LogP contribution is -2.31. The number of fused-ring (bicyclic) bond motifs is 2. The molecule has 1 N–H and O–H groups in total. The largest absolute Gasteiger partial charge is 0.358 e. The van der Waals surface area contributed by atoms with Gasteiger partial charge in [0, 0.05) is 34.9 Å². The number of likely N-dealkylation sites (tertiary alicyclic amines) is 1. The Bertz CT molecular complexity index is 1170. The number of pyridine rings is 1. The number of nitrogens with zero attached hydrogens (tertiary/aromatic N) is 4. The first-order chi connectivity index (χ1) is 13.1. The van der Waals surface area contributed by atoms with Crippen molar-refractivity contribution in [1.82, 2.24) is 24.5 Å². The maximum absolute atomic E-state index is 13.3. The highest BCUT2D eigenvalue weighted by atomic mass is 16.2. The van der Waals surface area contributed by atoms with Gasteiger partial charge in [-0.15, -0.1) is 10.2 Å². The van der Waals surface area contributed by atoms with Crippen molar-refractivity contribution < 1.29 is 4.79 Å². The Hall–Kier alpha value is -3.15. The molecule has 0 aliphatic carbocycles.